The van der Waals surface area contributed by atoms with Crippen LogP contribution in [0.5, 0.6) is 0 Å². The molecule has 0 aliphatic heterocycles. The number of nitrogens with one attached hydrogen (secondary N) is 1. The van der Waals surface area contributed by atoms with E-state index in [1.807, 2.05) is 0 Å². The number of carbonyl (C=O) groups is 1. The maximum Gasteiger partial charge on any atom is 0.432 e. The van der Waals surface area contributed by atoms with Gasteiger partial charge in [0.1, 0.15) is 10.9 Å². The first-order valence-corrected chi connectivity index (χ1v) is 13.8. The van der Waals surface area contributed by atoms with Gasteiger partial charge in [0.05, 0.1) is 17.6 Å². The summed E-state index contributed by atoms with van der Waals surface area (Å²) in [5.74, 6) is -1.24. The highest BCUT2D eigenvalue weighted by Gasteiger charge is 2.44. The van der Waals surface area contributed by atoms with Crippen LogP contribution < -0.4 is 0 Å². The van der Waals surface area contributed by atoms with Gasteiger partial charge in [-0.25, -0.2) is 13.2 Å². The number of aromatic amines is 1. The van der Waals surface area contributed by atoms with E-state index in [9.17, 15) is 26.4 Å². The first-order chi connectivity index (χ1) is 19.0. The van der Waals surface area contributed by atoms with Gasteiger partial charge in [-0.2, -0.15) is 13.2 Å². The lowest BCUT2D eigenvalue weighted by atomic mass is 9.94. The van der Waals surface area contributed by atoms with Gasteiger partial charge in [0, 0.05) is 11.3 Å². The Morgan fingerprint density at radius 2 is 1.48 bits per heavy atom. The Hall–Kier alpha value is -4.37. The summed E-state index contributed by atoms with van der Waals surface area (Å²) in [7, 11) is -3.40. The number of hydrogen-bond donors (Lipinski definition) is 1. The van der Waals surface area contributed by atoms with E-state index >= 15 is 0 Å². The number of alkyl halides is 3. The molecule has 0 radical (unpaired) electrons. The standard InChI is InChI=1S/C31H24F3NO4S/c1-19-15-17-22(18-16-19)40(37,38)28(24-14-8-12-20-9-6-7-13-23(20)24)27-25(21-10-4-3-5-11-21)26(30(36)39-2)29(35-27)31(32,33)34/h3-18,28,35H,1-2H3. The van der Waals surface area contributed by atoms with Gasteiger partial charge < -0.3 is 9.72 Å². The molecule has 0 bridgehead atoms. The van der Waals surface area contributed by atoms with Crippen LogP contribution in [-0.4, -0.2) is 26.5 Å². The molecule has 1 N–H and O–H groups in total. The molecular formula is C31H24F3NO4S. The second-order valence-corrected chi connectivity index (χ2v) is 11.4. The average Bonchev–Trinajstić information content (AvgIpc) is 3.34. The van der Waals surface area contributed by atoms with Gasteiger partial charge in [-0.3, -0.25) is 0 Å². The fraction of sp³-hybridized carbons (Fsp3) is 0.129. The Morgan fingerprint density at radius 1 is 0.850 bits per heavy atom. The van der Waals surface area contributed by atoms with Gasteiger partial charge in [-0.05, 0) is 41.0 Å². The minimum Gasteiger partial charge on any atom is -0.465 e. The number of halogens is 3. The molecule has 0 saturated carbocycles. The van der Waals surface area contributed by atoms with Gasteiger partial charge in [0.25, 0.3) is 0 Å². The summed E-state index contributed by atoms with van der Waals surface area (Å²) in [5.41, 5.74) is -1.31. The third-order valence-corrected chi connectivity index (χ3v) is 8.83. The minimum absolute atomic E-state index is 0.0715. The number of aromatic nitrogens is 1. The largest absolute Gasteiger partial charge is 0.465 e. The van der Waals surface area contributed by atoms with Crippen molar-refractivity contribution in [1.29, 1.82) is 0 Å². The average molecular weight is 564 g/mol. The van der Waals surface area contributed by atoms with Crippen molar-refractivity contribution in [3.8, 4) is 11.1 Å². The number of ether oxygens (including phenoxy) is 1. The monoisotopic (exact) mass is 563 g/mol. The fourth-order valence-corrected chi connectivity index (χ4v) is 6.77. The van der Waals surface area contributed by atoms with E-state index < -0.39 is 38.5 Å². The second-order valence-electron chi connectivity index (χ2n) is 9.33. The van der Waals surface area contributed by atoms with Crippen LogP contribution in [0.3, 0.4) is 0 Å². The van der Waals surface area contributed by atoms with Crippen LogP contribution >= 0.6 is 0 Å². The summed E-state index contributed by atoms with van der Waals surface area (Å²) in [6, 6.07) is 26.1. The van der Waals surface area contributed by atoms with Crippen LogP contribution in [0.25, 0.3) is 21.9 Å². The van der Waals surface area contributed by atoms with E-state index in [0.29, 0.717) is 10.8 Å². The molecule has 4 aromatic carbocycles. The van der Waals surface area contributed by atoms with Crippen LogP contribution in [0.4, 0.5) is 13.2 Å². The van der Waals surface area contributed by atoms with Crippen LogP contribution in [0.2, 0.25) is 0 Å². The topological polar surface area (TPSA) is 76.2 Å². The molecule has 204 valence electrons. The second kappa shape index (κ2) is 10.3. The number of esters is 1. The molecule has 1 unspecified atom stereocenters. The van der Waals surface area contributed by atoms with Gasteiger partial charge in [-0.1, -0.05) is 90.5 Å². The molecule has 40 heavy (non-hydrogen) atoms. The predicted molar refractivity (Wildman–Crippen MR) is 147 cm³/mol. The first kappa shape index (κ1) is 27.2. The van der Waals surface area contributed by atoms with Crippen molar-refractivity contribution >= 4 is 26.6 Å². The van der Waals surface area contributed by atoms with Crippen LogP contribution in [0.15, 0.2) is 102 Å². The Kier molecular flexibility index (Phi) is 7.01. The number of fused-ring (bicyclic) bond motifs is 1. The van der Waals surface area contributed by atoms with Gasteiger partial charge >= 0.3 is 12.1 Å². The van der Waals surface area contributed by atoms with E-state index in [1.54, 1.807) is 79.7 Å². The van der Waals surface area contributed by atoms with Crippen LogP contribution in [-0.2, 0) is 20.8 Å². The van der Waals surface area contributed by atoms with Gasteiger partial charge in [0.15, 0.2) is 9.84 Å². The zero-order chi connectivity index (χ0) is 28.7. The lowest BCUT2D eigenvalue weighted by molar-refractivity contribution is -0.141. The van der Waals surface area contributed by atoms with Crippen molar-refractivity contribution in [2.45, 2.75) is 23.2 Å². The maximum atomic E-state index is 14.5. The Morgan fingerprint density at radius 3 is 2.12 bits per heavy atom. The molecule has 0 fully saturated rings. The summed E-state index contributed by atoms with van der Waals surface area (Å²) < 4.78 is 77.1. The SMILES string of the molecule is COC(=O)c1c(C(F)(F)F)[nH]c(C(c2cccc3ccccc23)S(=O)(=O)c2ccc(C)cc2)c1-c1ccccc1. The van der Waals surface area contributed by atoms with Crippen molar-refractivity contribution in [2.75, 3.05) is 7.11 Å². The zero-order valence-corrected chi connectivity index (χ0v) is 22.3. The fourth-order valence-electron chi connectivity index (χ4n) is 4.96. The van der Waals surface area contributed by atoms with Gasteiger partial charge in [0.2, 0.25) is 0 Å². The minimum atomic E-state index is -5.01. The summed E-state index contributed by atoms with van der Waals surface area (Å²) >= 11 is 0. The zero-order valence-electron chi connectivity index (χ0n) is 21.5. The number of methoxy groups -OCH3 is 1. The normalized spacial score (nSPS) is 12.8. The lowest BCUT2D eigenvalue weighted by Gasteiger charge is -2.22. The number of hydrogen-bond acceptors (Lipinski definition) is 4. The molecule has 1 heterocycles. The third kappa shape index (κ3) is 4.77. The van der Waals surface area contributed by atoms with Crippen molar-refractivity contribution in [2.24, 2.45) is 0 Å². The predicted octanol–water partition coefficient (Wildman–Crippen LogP) is 7.51. The molecular weight excluding hydrogens is 539 g/mol. The van der Waals surface area contributed by atoms with E-state index in [0.717, 1.165) is 12.7 Å². The number of sulfone groups is 1. The van der Waals surface area contributed by atoms with Crippen LogP contribution in [0.1, 0.15) is 38.1 Å². The van der Waals surface area contributed by atoms with Crippen LogP contribution in [0, 0.1) is 6.92 Å². The van der Waals surface area contributed by atoms with Crippen molar-refractivity contribution in [1.82, 2.24) is 4.98 Å². The number of carbonyl (C=O) groups excluding carboxylic acids is 1. The highest BCUT2D eigenvalue weighted by Crippen LogP contribution is 2.47. The molecule has 0 aliphatic carbocycles. The van der Waals surface area contributed by atoms with Gasteiger partial charge in [-0.15, -0.1) is 0 Å². The van der Waals surface area contributed by atoms with E-state index in [2.05, 4.69) is 4.98 Å². The highest BCUT2D eigenvalue weighted by molar-refractivity contribution is 7.92. The Labute approximate surface area is 229 Å². The molecule has 0 aliphatic rings. The highest BCUT2D eigenvalue weighted by atomic mass is 32.2. The number of aryl methyl sites for hydroxylation is 1. The van der Waals surface area contributed by atoms with E-state index in [4.69, 9.17) is 4.74 Å². The molecule has 9 heteroatoms. The maximum absolute atomic E-state index is 14.5. The summed E-state index contributed by atoms with van der Waals surface area (Å²) in [4.78, 5) is 15.2. The summed E-state index contributed by atoms with van der Waals surface area (Å²) in [5, 5.41) is -0.371. The molecule has 1 aromatic heterocycles. The number of rotatable bonds is 6. The quantitative estimate of drug-likeness (QED) is 0.217. The number of H-pyrrole nitrogens is 1. The third-order valence-electron chi connectivity index (χ3n) is 6.79. The summed E-state index contributed by atoms with van der Waals surface area (Å²) in [6.45, 7) is 1.80. The van der Waals surface area contributed by atoms with E-state index in [1.165, 1.54) is 24.3 Å². The smallest absolute Gasteiger partial charge is 0.432 e. The molecule has 1 atom stereocenters. The van der Waals surface area contributed by atoms with Crippen molar-refractivity contribution in [3.05, 3.63) is 125 Å². The Balaban J connectivity index is 1.95. The van der Waals surface area contributed by atoms with Crippen molar-refractivity contribution < 1.29 is 31.1 Å². The molecule has 5 nitrogen and oxygen atoms in total. The Bertz CT molecular complexity index is 1800. The molecule has 0 amide bonds. The number of benzene rings is 4. The molecule has 0 spiro atoms. The molecule has 5 aromatic rings. The first-order valence-electron chi connectivity index (χ1n) is 12.3. The summed E-state index contributed by atoms with van der Waals surface area (Å²) in [6.07, 6.45) is -5.01. The van der Waals surface area contributed by atoms with E-state index in [-0.39, 0.29) is 27.3 Å². The lowest BCUT2D eigenvalue weighted by Crippen LogP contribution is -2.17. The molecule has 0 saturated heterocycles. The molecule has 5 rings (SSSR count). The van der Waals surface area contributed by atoms with Crippen molar-refractivity contribution in [3.63, 3.8) is 0 Å².